The molecule has 0 radical (unpaired) electrons. The predicted molar refractivity (Wildman–Crippen MR) is 78.0 cm³/mol. The number of thiophene rings is 1. The van der Waals surface area contributed by atoms with E-state index in [0.717, 1.165) is 17.4 Å². The van der Waals surface area contributed by atoms with E-state index < -0.39 is 27.8 Å². The number of carbonyl (C=O) groups is 1. The zero-order valence-electron chi connectivity index (χ0n) is 11.0. The average molecular weight is 328 g/mol. The van der Waals surface area contributed by atoms with Gasteiger partial charge in [-0.1, -0.05) is 6.07 Å². The number of rotatable bonds is 4. The van der Waals surface area contributed by atoms with Crippen LogP contribution in [0.3, 0.4) is 0 Å². The highest BCUT2D eigenvalue weighted by Crippen LogP contribution is 2.25. The molecule has 1 unspecified atom stereocenters. The lowest BCUT2D eigenvalue weighted by atomic mass is 10.2. The Balaban J connectivity index is 2.13. The van der Waals surface area contributed by atoms with E-state index in [0.29, 0.717) is 4.88 Å². The quantitative estimate of drug-likeness (QED) is 0.900. The molecule has 2 rings (SSSR count). The Labute approximate surface area is 125 Å². The standard InChI is InChI=1S/C13H13FN2O3S2/c1-8(11-5-6-12(20-11)21(15,18)19)16-13(17)9-3-2-4-10(14)7-9/h2-8H,1H3,(H,16,17)(H2,15,18,19). The molecule has 0 aliphatic carbocycles. The van der Waals surface area contributed by atoms with E-state index >= 15 is 0 Å². The number of hydrogen-bond acceptors (Lipinski definition) is 4. The van der Waals surface area contributed by atoms with Crippen LogP contribution in [-0.2, 0) is 10.0 Å². The van der Waals surface area contributed by atoms with Crippen molar-refractivity contribution in [3.8, 4) is 0 Å². The third kappa shape index (κ3) is 3.87. The fourth-order valence-electron chi connectivity index (χ4n) is 1.70. The maximum atomic E-state index is 13.1. The minimum Gasteiger partial charge on any atom is -0.345 e. The first-order valence-corrected chi connectivity index (χ1v) is 8.32. The Morgan fingerprint density at radius 3 is 2.62 bits per heavy atom. The molecule has 0 aliphatic rings. The number of amides is 1. The fraction of sp³-hybridized carbons (Fsp3) is 0.154. The van der Waals surface area contributed by atoms with Crippen LogP contribution in [0.15, 0.2) is 40.6 Å². The summed E-state index contributed by atoms with van der Waals surface area (Å²) in [7, 11) is -3.75. The topological polar surface area (TPSA) is 89.3 Å². The van der Waals surface area contributed by atoms with Crippen molar-refractivity contribution in [2.75, 3.05) is 0 Å². The lowest BCUT2D eigenvalue weighted by molar-refractivity contribution is 0.0940. The van der Waals surface area contributed by atoms with E-state index in [2.05, 4.69) is 5.32 Å². The summed E-state index contributed by atoms with van der Waals surface area (Å²) in [5.74, 6) is -0.935. The first kappa shape index (κ1) is 15.6. The number of nitrogens with two attached hydrogens (primary N) is 1. The molecule has 1 amide bonds. The van der Waals surface area contributed by atoms with Crippen LogP contribution in [-0.4, -0.2) is 14.3 Å². The highest BCUT2D eigenvalue weighted by atomic mass is 32.2. The van der Waals surface area contributed by atoms with Gasteiger partial charge in [0, 0.05) is 10.4 Å². The summed E-state index contributed by atoms with van der Waals surface area (Å²) in [6, 6.07) is 7.88. The first-order valence-electron chi connectivity index (χ1n) is 5.96. The van der Waals surface area contributed by atoms with Crippen molar-refractivity contribution in [1.82, 2.24) is 5.32 Å². The second-order valence-corrected chi connectivity index (χ2v) is 7.31. The van der Waals surface area contributed by atoms with Crippen LogP contribution in [0.25, 0.3) is 0 Å². The van der Waals surface area contributed by atoms with Gasteiger partial charge < -0.3 is 5.32 Å². The Morgan fingerprint density at radius 2 is 2.05 bits per heavy atom. The summed E-state index contributed by atoms with van der Waals surface area (Å²) < 4.78 is 35.5. The van der Waals surface area contributed by atoms with Gasteiger partial charge in [0.05, 0.1) is 6.04 Å². The Hall–Kier alpha value is -1.77. The van der Waals surface area contributed by atoms with Gasteiger partial charge in [-0.2, -0.15) is 0 Å². The van der Waals surface area contributed by atoms with Gasteiger partial charge in [0.1, 0.15) is 10.0 Å². The monoisotopic (exact) mass is 328 g/mol. The molecule has 0 saturated heterocycles. The summed E-state index contributed by atoms with van der Waals surface area (Å²) in [5, 5.41) is 7.71. The minimum atomic E-state index is -3.75. The predicted octanol–water partition coefficient (Wildman–Crippen LogP) is 2.03. The average Bonchev–Trinajstić information content (AvgIpc) is 2.88. The molecule has 0 saturated carbocycles. The molecule has 0 fully saturated rings. The number of hydrogen-bond donors (Lipinski definition) is 2. The smallest absolute Gasteiger partial charge is 0.251 e. The van der Waals surface area contributed by atoms with Gasteiger partial charge >= 0.3 is 0 Å². The third-order valence-corrected chi connectivity index (χ3v) is 5.45. The zero-order valence-corrected chi connectivity index (χ0v) is 12.7. The SMILES string of the molecule is CC(NC(=O)c1cccc(F)c1)c1ccc(S(N)(=O)=O)s1. The molecule has 1 heterocycles. The van der Waals surface area contributed by atoms with Gasteiger partial charge in [0.15, 0.2) is 0 Å². The van der Waals surface area contributed by atoms with Crippen molar-refractivity contribution in [3.63, 3.8) is 0 Å². The number of primary sulfonamides is 1. The lowest BCUT2D eigenvalue weighted by Gasteiger charge is -2.12. The zero-order chi connectivity index (χ0) is 15.6. The van der Waals surface area contributed by atoms with E-state index in [1.807, 2.05) is 0 Å². The molecule has 1 atom stereocenters. The highest BCUT2D eigenvalue weighted by Gasteiger charge is 2.17. The molecule has 3 N–H and O–H groups in total. The van der Waals surface area contributed by atoms with E-state index in [1.165, 1.54) is 24.3 Å². The maximum Gasteiger partial charge on any atom is 0.251 e. The van der Waals surface area contributed by atoms with Gasteiger partial charge in [-0.05, 0) is 37.3 Å². The second kappa shape index (κ2) is 5.92. The lowest BCUT2D eigenvalue weighted by Crippen LogP contribution is -2.26. The molecule has 0 aliphatic heterocycles. The van der Waals surface area contributed by atoms with Crippen LogP contribution in [0.1, 0.15) is 28.2 Å². The summed E-state index contributed by atoms with van der Waals surface area (Å²) in [6.07, 6.45) is 0. The number of nitrogens with one attached hydrogen (secondary N) is 1. The molecular formula is C13H13FN2O3S2. The molecule has 0 spiro atoms. The largest absolute Gasteiger partial charge is 0.345 e. The first-order chi connectivity index (χ1) is 9.77. The number of carbonyl (C=O) groups excluding carboxylic acids is 1. The van der Waals surface area contributed by atoms with Crippen molar-refractivity contribution < 1.29 is 17.6 Å². The Kier molecular flexibility index (Phi) is 4.40. The number of benzene rings is 1. The molecule has 1 aromatic heterocycles. The fourth-order valence-corrected chi connectivity index (χ4v) is 3.45. The van der Waals surface area contributed by atoms with E-state index in [1.54, 1.807) is 13.0 Å². The summed E-state index contributed by atoms with van der Waals surface area (Å²) in [4.78, 5) is 12.6. The van der Waals surface area contributed by atoms with E-state index in [4.69, 9.17) is 5.14 Å². The minimum absolute atomic E-state index is 0.0318. The van der Waals surface area contributed by atoms with Crippen molar-refractivity contribution in [2.45, 2.75) is 17.2 Å². The van der Waals surface area contributed by atoms with Crippen molar-refractivity contribution in [2.24, 2.45) is 5.14 Å². The Bertz CT molecular complexity index is 771. The van der Waals surface area contributed by atoms with Gasteiger partial charge in [0.25, 0.3) is 5.91 Å². The van der Waals surface area contributed by atoms with Crippen LogP contribution in [0.2, 0.25) is 0 Å². The Morgan fingerprint density at radius 1 is 1.33 bits per heavy atom. The summed E-state index contributed by atoms with van der Waals surface area (Å²) in [6.45, 7) is 1.70. The summed E-state index contributed by atoms with van der Waals surface area (Å²) in [5.41, 5.74) is 0.199. The van der Waals surface area contributed by atoms with Crippen LogP contribution in [0.4, 0.5) is 4.39 Å². The molecule has 0 bridgehead atoms. The van der Waals surface area contributed by atoms with E-state index in [9.17, 15) is 17.6 Å². The van der Waals surface area contributed by atoms with Crippen molar-refractivity contribution in [3.05, 3.63) is 52.7 Å². The molecule has 1 aromatic carbocycles. The van der Waals surface area contributed by atoms with Gasteiger partial charge in [-0.25, -0.2) is 17.9 Å². The van der Waals surface area contributed by atoms with Gasteiger partial charge in [-0.3, -0.25) is 4.79 Å². The van der Waals surface area contributed by atoms with Crippen LogP contribution in [0.5, 0.6) is 0 Å². The van der Waals surface area contributed by atoms with Crippen LogP contribution in [0, 0.1) is 5.82 Å². The number of halogens is 1. The van der Waals surface area contributed by atoms with E-state index in [-0.39, 0.29) is 9.77 Å². The second-order valence-electron chi connectivity index (χ2n) is 4.41. The molecule has 112 valence electrons. The van der Waals surface area contributed by atoms with Crippen molar-refractivity contribution >= 4 is 27.3 Å². The summed E-state index contributed by atoms with van der Waals surface area (Å²) >= 11 is 0.986. The molecule has 5 nitrogen and oxygen atoms in total. The molecule has 8 heteroatoms. The van der Waals surface area contributed by atoms with Gasteiger partial charge in [-0.15, -0.1) is 11.3 Å². The van der Waals surface area contributed by atoms with Crippen LogP contribution >= 0.6 is 11.3 Å². The third-order valence-electron chi connectivity index (χ3n) is 2.74. The van der Waals surface area contributed by atoms with Gasteiger partial charge in [0.2, 0.25) is 10.0 Å². The highest BCUT2D eigenvalue weighted by molar-refractivity contribution is 7.91. The molecular weight excluding hydrogens is 315 g/mol. The number of sulfonamides is 1. The molecule has 2 aromatic rings. The molecule has 21 heavy (non-hydrogen) atoms. The normalized spacial score (nSPS) is 12.9. The van der Waals surface area contributed by atoms with Crippen molar-refractivity contribution in [1.29, 1.82) is 0 Å². The van der Waals surface area contributed by atoms with Crippen LogP contribution < -0.4 is 10.5 Å². The maximum absolute atomic E-state index is 13.1.